The standard InChI is InChI=1S/C17H11N5O/c18-9-10-15-17(21-12-6-2-1-5-11(12)20-15)22(16(10)19)13-7-3-4-8-14(13)23/h1-8,23H,19H2. The topological polar surface area (TPSA) is 101 Å². The van der Waals surface area contributed by atoms with Gasteiger partial charge in [-0.05, 0) is 24.3 Å². The van der Waals surface area contributed by atoms with Gasteiger partial charge in [0, 0.05) is 0 Å². The molecular weight excluding hydrogens is 290 g/mol. The highest BCUT2D eigenvalue weighted by Gasteiger charge is 2.20. The monoisotopic (exact) mass is 301 g/mol. The molecule has 23 heavy (non-hydrogen) atoms. The van der Waals surface area contributed by atoms with Crippen LogP contribution in [0.25, 0.3) is 27.9 Å². The number of nitrogens with zero attached hydrogens (tertiary/aromatic N) is 4. The average Bonchev–Trinajstić information content (AvgIpc) is 2.84. The van der Waals surface area contributed by atoms with Crippen molar-refractivity contribution in [2.24, 2.45) is 0 Å². The Morgan fingerprint density at radius 1 is 1.00 bits per heavy atom. The van der Waals surface area contributed by atoms with Crippen LogP contribution in [0.5, 0.6) is 5.75 Å². The number of hydrogen-bond acceptors (Lipinski definition) is 5. The first-order valence-electron chi connectivity index (χ1n) is 6.96. The molecular formula is C17H11N5O. The van der Waals surface area contributed by atoms with E-state index in [0.29, 0.717) is 27.9 Å². The lowest BCUT2D eigenvalue weighted by Gasteiger charge is -2.09. The van der Waals surface area contributed by atoms with Crippen LogP contribution in [0.4, 0.5) is 5.82 Å². The van der Waals surface area contributed by atoms with E-state index in [0.717, 1.165) is 0 Å². The zero-order valence-electron chi connectivity index (χ0n) is 11.9. The SMILES string of the molecule is N#Cc1c(N)n(-c2ccccc2O)c2nc3ccccc3nc12. The van der Waals surface area contributed by atoms with Crippen molar-refractivity contribution >= 4 is 28.0 Å². The lowest BCUT2D eigenvalue weighted by atomic mass is 10.2. The van der Waals surface area contributed by atoms with E-state index in [2.05, 4.69) is 16.0 Å². The van der Waals surface area contributed by atoms with Crippen molar-refractivity contribution in [1.29, 1.82) is 5.26 Å². The van der Waals surface area contributed by atoms with Gasteiger partial charge < -0.3 is 10.8 Å². The number of rotatable bonds is 1. The molecule has 0 atom stereocenters. The molecule has 0 amide bonds. The Kier molecular flexibility index (Phi) is 2.68. The first kappa shape index (κ1) is 13.1. The second kappa shape index (κ2) is 4.71. The predicted molar refractivity (Wildman–Crippen MR) is 87.2 cm³/mol. The van der Waals surface area contributed by atoms with Crippen LogP contribution in [0.1, 0.15) is 5.56 Å². The van der Waals surface area contributed by atoms with E-state index in [4.69, 9.17) is 5.73 Å². The van der Waals surface area contributed by atoms with Crippen LogP contribution >= 0.6 is 0 Å². The number of nitrogen functional groups attached to an aromatic ring is 1. The summed E-state index contributed by atoms with van der Waals surface area (Å²) >= 11 is 0. The average molecular weight is 301 g/mol. The number of nitriles is 1. The molecule has 2 aromatic carbocycles. The van der Waals surface area contributed by atoms with Crippen LogP contribution in [-0.2, 0) is 0 Å². The van der Waals surface area contributed by atoms with Gasteiger partial charge in [-0.3, -0.25) is 4.57 Å². The first-order chi connectivity index (χ1) is 11.2. The van der Waals surface area contributed by atoms with Gasteiger partial charge in [0.15, 0.2) is 5.65 Å². The molecule has 110 valence electrons. The van der Waals surface area contributed by atoms with Crippen LogP contribution < -0.4 is 5.73 Å². The molecule has 0 radical (unpaired) electrons. The summed E-state index contributed by atoms with van der Waals surface area (Å²) in [5.74, 6) is 0.259. The number of phenolic OH excluding ortho intramolecular Hbond substituents is 1. The van der Waals surface area contributed by atoms with Gasteiger partial charge in [0.05, 0.1) is 16.7 Å². The fourth-order valence-corrected chi connectivity index (χ4v) is 2.67. The molecule has 0 bridgehead atoms. The van der Waals surface area contributed by atoms with Gasteiger partial charge in [0.1, 0.15) is 28.7 Å². The van der Waals surface area contributed by atoms with Gasteiger partial charge in [0.2, 0.25) is 0 Å². The Morgan fingerprint density at radius 3 is 2.35 bits per heavy atom. The Hall–Kier alpha value is -3.59. The third-order valence-corrected chi connectivity index (χ3v) is 3.73. The van der Waals surface area contributed by atoms with Gasteiger partial charge in [-0.1, -0.05) is 24.3 Å². The van der Waals surface area contributed by atoms with Crippen LogP contribution in [0, 0.1) is 11.3 Å². The largest absolute Gasteiger partial charge is 0.506 e. The van der Waals surface area contributed by atoms with E-state index in [1.54, 1.807) is 28.8 Å². The molecule has 0 aliphatic rings. The second-order valence-corrected chi connectivity index (χ2v) is 5.08. The number of hydrogen-bond donors (Lipinski definition) is 2. The quantitative estimate of drug-likeness (QED) is 0.563. The Labute approximate surface area is 131 Å². The molecule has 0 saturated heterocycles. The van der Waals surface area contributed by atoms with E-state index in [9.17, 15) is 10.4 Å². The number of aromatic hydroxyl groups is 1. The van der Waals surface area contributed by atoms with Crippen LogP contribution in [-0.4, -0.2) is 19.6 Å². The molecule has 4 aromatic rings. The molecule has 6 heteroatoms. The van der Waals surface area contributed by atoms with E-state index in [-0.39, 0.29) is 17.1 Å². The minimum absolute atomic E-state index is 0.0514. The molecule has 4 rings (SSSR count). The van der Waals surface area contributed by atoms with Crippen LogP contribution in [0.15, 0.2) is 48.5 Å². The van der Waals surface area contributed by atoms with Gasteiger partial charge >= 0.3 is 0 Å². The Balaban J connectivity index is 2.20. The van der Waals surface area contributed by atoms with Crippen molar-refractivity contribution in [2.45, 2.75) is 0 Å². The predicted octanol–water partition coefficient (Wildman–Crippen LogP) is 2.73. The lowest BCUT2D eigenvalue weighted by Crippen LogP contribution is -2.02. The maximum atomic E-state index is 10.1. The third kappa shape index (κ3) is 1.80. The fraction of sp³-hybridized carbons (Fsp3) is 0. The molecule has 3 N–H and O–H groups in total. The maximum Gasteiger partial charge on any atom is 0.167 e. The van der Waals surface area contributed by atoms with Crippen LogP contribution in [0.2, 0.25) is 0 Å². The van der Waals surface area contributed by atoms with Gasteiger partial charge in [-0.25, -0.2) is 9.97 Å². The number of para-hydroxylation sites is 4. The third-order valence-electron chi connectivity index (χ3n) is 3.73. The zero-order chi connectivity index (χ0) is 16.0. The van der Waals surface area contributed by atoms with E-state index >= 15 is 0 Å². The van der Waals surface area contributed by atoms with Gasteiger partial charge in [-0.15, -0.1) is 0 Å². The summed E-state index contributed by atoms with van der Waals surface area (Å²) in [5.41, 5.74) is 9.10. The minimum Gasteiger partial charge on any atom is -0.506 e. The highest BCUT2D eigenvalue weighted by molar-refractivity contribution is 5.93. The van der Waals surface area contributed by atoms with E-state index in [1.165, 1.54) is 0 Å². The summed E-state index contributed by atoms with van der Waals surface area (Å²) < 4.78 is 1.56. The zero-order valence-corrected chi connectivity index (χ0v) is 11.9. The van der Waals surface area contributed by atoms with Crippen molar-refractivity contribution in [3.63, 3.8) is 0 Å². The molecule has 6 nitrogen and oxygen atoms in total. The molecule has 2 aromatic heterocycles. The maximum absolute atomic E-state index is 10.1. The summed E-state index contributed by atoms with van der Waals surface area (Å²) in [6.45, 7) is 0. The van der Waals surface area contributed by atoms with Crippen molar-refractivity contribution in [3.05, 3.63) is 54.1 Å². The molecule has 0 unspecified atom stereocenters. The smallest absolute Gasteiger partial charge is 0.167 e. The number of phenols is 1. The molecule has 0 fully saturated rings. The second-order valence-electron chi connectivity index (χ2n) is 5.08. The summed E-state index contributed by atoms with van der Waals surface area (Å²) in [5, 5.41) is 19.6. The number of fused-ring (bicyclic) bond motifs is 2. The Morgan fingerprint density at radius 2 is 1.65 bits per heavy atom. The first-order valence-corrected chi connectivity index (χ1v) is 6.96. The summed E-state index contributed by atoms with van der Waals surface area (Å²) in [4.78, 5) is 9.10. The normalized spacial score (nSPS) is 10.9. The van der Waals surface area contributed by atoms with Gasteiger partial charge in [-0.2, -0.15) is 5.26 Å². The number of nitrogens with two attached hydrogens (primary N) is 1. The van der Waals surface area contributed by atoms with Crippen molar-refractivity contribution in [2.75, 3.05) is 5.73 Å². The van der Waals surface area contributed by atoms with Crippen molar-refractivity contribution in [1.82, 2.24) is 14.5 Å². The summed E-state index contributed by atoms with van der Waals surface area (Å²) in [7, 11) is 0. The highest BCUT2D eigenvalue weighted by Crippen LogP contribution is 2.33. The minimum atomic E-state index is 0.0514. The molecule has 0 aliphatic carbocycles. The van der Waals surface area contributed by atoms with E-state index in [1.807, 2.05) is 24.3 Å². The highest BCUT2D eigenvalue weighted by atomic mass is 16.3. The van der Waals surface area contributed by atoms with Crippen LogP contribution in [0.3, 0.4) is 0 Å². The molecule has 0 saturated carbocycles. The van der Waals surface area contributed by atoms with Gasteiger partial charge in [0.25, 0.3) is 0 Å². The lowest BCUT2D eigenvalue weighted by molar-refractivity contribution is 0.473. The molecule has 0 aliphatic heterocycles. The Bertz CT molecular complexity index is 1110. The molecule has 2 heterocycles. The van der Waals surface area contributed by atoms with Crippen molar-refractivity contribution < 1.29 is 5.11 Å². The summed E-state index contributed by atoms with van der Waals surface area (Å²) in [6.07, 6.45) is 0. The molecule has 0 spiro atoms. The number of benzene rings is 2. The summed E-state index contributed by atoms with van der Waals surface area (Å²) in [6, 6.07) is 16.2. The van der Waals surface area contributed by atoms with Crippen molar-refractivity contribution in [3.8, 4) is 17.5 Å². The number of anilines is 1. The van der Waals surface area contributed by atoms with E-state index < -0.39 is 0 Å². The fourth-order valence-electron chi connectivity index (χ4n) is 2.67. The number of aromatic nitrogens is 3.